The molecule has 0 aliphatic carbocycles. The van der Waals surface area contributed by atoms with Crippen molar-refractivity contribution >= 4 is 21.8 Å². The molecule has 0 saturated carbocycles. The zero-order valence-corrected chi connectivity index (χ0v) is 12.4. The minimum Gasteiger partial charge on any atom is -0.330 e. The molecule has 0 aromatic carbocycles. The molecule has 0 radical (unpaired) electrons. The summed E-state index contributed by atoms with van der Waals surface area (Å²) in [4.78, 5) is 22.7. The van der Waals surface area contributed by atoms with Crippen molar-refractivity contribution in [2.45, 2.75) is 24.3 Å². The summed E-state index contributed by atoms with van der Waals surface area (Å²) in [5.41, 5.74) is -0.859. The van der Waals surface area contributed by atoms with Gasteiger partial charge in [0.15, 0.2) is 10.5 Å². The average Bonchev–Trinajstić information content (AvgIpc) is 2.76. The van der Waals surface area contributed by atoms with Gasteiger partial charge in [0.05, 0.1) is 4.60 Å². The quantitative estimate of drug-likeness (QED) is 0.415. The van der Waals surface area contributed by atoms with Gasteiger partial charge in [0.1, 0.15) is 0 Å². The Morgan fingerprint density at radius 2 is 1.65 bits per heavy atom. The van der Waals surface area contributed by atoms with E-state index >= 15 is 0 Å². The van der Waals surface area contributed by atoms with Gasteiger partial charge < -0.3 is 4.57 Å². The van der Waals surface area contributed by atoms with Gasteiger partial charge in [-0.2, -0.15) is 17.6 Å². The first kappa shape index (κ1) is 19.5. The zero-order chi connectivity index (χ0) is 18.4. The second-order valence-electron chi connectivity index (χ2n) is 4.24. The number of hydrogen-bond acceptors (Lipinski definition) is 2. The van der Waals surface area contributed by atoms with Gasteiger partial charge in [0.25, 0.3) is 0 Å². The third kappa shape index (κ3) is 2.85. The summed E-state index contributed by atoms with van der Waals surface area (Å²) < 4.78 is 101. The number of nitrogens with zero attached hydrogens (tertiary/aromatic N) is 2. The first-order valence-electron chi connectivity index (χ1n) is 5.44. The number of halogens is 9. The molecule has 13 heteroatoms. The number of aromatic nitrogens is 1. The van der Waals surface area contributed by atoms with E-state index in [9.17, 15) is 44.8 Å². The second-order valence-corrected chi connectivity index (χ2v) is 5.05. The number of carbonyl (C=O) groups is 1. The normalized spacial score (nSPS) is 13.5. The topological polar surface area (TPSA) is 42.1 Å². The van der Waals surface area contributed by atoms with Crippen LogP contribution in [0.5, 0.6) is 0 Å². The molecule has 1 aromatic heterocycles. The molecule has 0 N–H and O–H groups in total. The fourth-order valence-electron chi connectivity index (χ4n) is 1.40. The SMILES string of the molecule is Cn1c(Br)ccc1C(=O)[N+](=O)C(F)(F)C(F)(F)C(F)(F)C(F)F. The lowest BCUT2D eigenvalue weighted by Crippen LogP contribution is -2.62. The second kappa shape index (κ2) is 5.83. The average molecular weight is 418 g/mol. The highest BCUT2D eigenvalue weighted by molar-refractivity contribution is 9.10. The van der Waals surface area contributed by atoms with E-state index in [1.807, 2.05) is 0 Å². The molecule has 0 fully saturated rings. The van der Waals surface area contributed by atoms with Crippen molar-refractivity contribution in [2.75, 3.05) is 0 Å². The molecule has 1 rings (SSSR count). The van der Waals surface area contributed by atoms with Crippen molar-refractivity contribution in [3.05, 3.63) is 27.3 Å². The molecule has 0 aliphatic heterocycles. The first-order valence-corrected chi connectivity index (χ1v) is 6.23. The lowest BCUT2D eigenvalue weighted by atomic mass is 10.1. The summed E-state index contributed by atoms with van der Waals surface area (Å²) in [6.07, 6.45) is -5.18. The highest BCUT2D eigenvalue weighted by atomic mass is 79.9. The minimum absolute atomic E-state index is 0.0715. The van der Waals surface area contributed by atoms with E-state index in [2.05, 4.69) is 15.9 Å². The van der Waals surface area contributed by atoms with Crippen LogP contribution in [0.4, 0.5) is 35.1 Å². The highest BCUT2D eigenvalue weighted by Crippen LogP contribution is 2.49. The monoisotopic (exact) mass is 417 g/mol. The third-order valence-electron chi connectivity index (χ3n) is 2.79. The summed E-state index contributed by atoms with van der Waals surface area (Å²) in [7, 11) is 1.06. The maximum absolute atomic E-state index is 13.3. The largest absolute Gasteiger partial charge is 0.582 e. The van der Waals surface area contributed by atoms with Gasteiger partial charge in [-0.1, -0.05) is 0 Å². The Morgan fingerprint density at radius 3 is 2.00 bits per heavy atom. The number of carbonyl (C=O) groups excluding carboxylic acids is 1. The number of nitroso groups, excluding NO2 is 1. The fourth-order valence-corrected chi connectivity index (χ4v) is 1.72. The van der Waals surface area contributed by atoms with E-state index in [1.165, 1.54) is 0 Å². The van der Waals surface area contributed by atoms with Gasteiger partial charge in [-0.3, -0.25) is 0 Å². The predicted molar refractivity (Wildman–Crippen MR) is 61.9 cm³/mol. The van der Waals surface area contributed by atoms with Gasteiger partial charge in [0.2, 0.25) is 0 Å². The Balaban J connectivity index is 3.29. The molecular formula is C10H6BrF8N2O2+. The molecular weight excluding hydrogens is 412 g/mol. The van der Waals surface area contributed by atoms with Crippen LogP contribution in [0.25, 0.3) is 0 Å². The van der Waals surface area contributed by atoms with Crippen LogP contribution in [0, 0.1) is 4.91 Å². The summed E-state index contributed by atoms with van der Waals surface area (Å²) in [5, 5.41) is 0. The van der Waals surface area contributed by atoms with Crippen molar-refractivity contribution in [2.24, 2.45) is 7.05 Å². The first-order chi connectivity index (χ1) is 10.2. The van der Waals surface area contributed by atoms with Crippen molar-refractivity contribution in [1.82, 2.24) is 4.57 Å². The standard InChI is InChI=1S/C10H6BrF8N2O2/c1-20-4(2-3-5(20)11)6(22)21(23)10(18,19)9(16,17)8(14,15)7(12)13/h2-3,7H,1H3/q+1. The van der Waals surface area contributed by atoms with Crippen LogP contribution in [0.1, 0.15) is 10.5 Å². The summed E-state index contributed by atoms with van der Waals surface area (Å²) in [5.74, 6) is -15.6. The minimum atomic E-state index is -6.80. The molecule has 23 heavy (non-hydrogen) atoms. The van der Waals surface area contributed by atoms with Crippen LogP contribution in [0.3, 0.4) is 0 Å². The molecule has 0 atom stereocenters. The lowest BCUT2D eigenvalue weighted by Gasteiger charge is -2.25. The smallest absolute Gasteiger partial charge is 0.330 e. The summed E-state index contributed by atoms with van der Waals surface area (Å²) in [6, 6.07) is -4.58. The van der Waals surface area contributed by atoms with E-state index in [0.29, 0.717) is 0 Å². The van der Waals surface area contributed by atoms with Crippen LogP contribution in [0.15, 0.2) is 16.7 Å². The van der Waals surface area contributed by atoms with E-state index in [4.69, 9.17) is 0 Å². The van der Waals surface area contributed by atoms with Crippen LogP contribution in [0.2, 0.25) is 0 Å². The molecule has 1 heterocycles. The maximum Gasteiger partial charge on any atom is 0.582 e. The van der Waals surface area contributed by atoms with Crippen LogP contribution in [-0.2, 0) is 7.05 Å². The number of amides is 1. The van der Waals surface area contributed by atoms with Crippen LogP contribution >= 0.6 is 15.9 Å². The van der Waals surface area contributed by atoms with Gasteiger partial charge in [-0.05, 0) is 28.1 Å². The molecule has 130 valence electrons. The van der Waals surface area contributed by atoms with Crippen LogP contribution < -0.4 is 0 Å². The molecule has 0 saturated heterocycles. The van der Waals surface area contributed by atoms with Gasteiger partial charge in [0, 0.05) is 12.0 Å². The van der Waals surface area contributed by atoms with E-state index in [0.717, 1.165) is 23.7 Å². The molecule has 1 aromatic rings. The lowest BCUT2D eigenvalue weighted by molar-refractivity contribution is -0.663. The maximum atomic E-state index is 13.3. The van der Waals surface area contributed by atoms with Gasteiger partial charge in [-0.25, -0.2) is 13.6 Å². The van der Waals surface area contributed by atoms with Crippen molar-refractivity contribution in [1.29, 1.82) is 0 Å². The third-order valence-corrected chi connectivity index (χ3v) is 3.59. The molecule has 1 amide bonds. The van der Waals surface area contributed by atoms with E-state index < -0.39 is 40.7 Å². The van der Waals surface area contributed by atoms with Gasteiger partial charge in [-0.15, -0.1) is 8.78 Å². The Bertz CT molecular complexity index is 643. The molecule has 4 nitrogen and oxygen atoms in total. The predicted octanol–water partition coefficient (Wildman–Crippen LogP) is 3.84. The Labute approximate surface area is 130 Å². The number of alkyl halides is 8. The molecule has 0 aliphatic rings. The van der Waals surface area contributed by atoms with Crippen molar-refractivity contribution in [3.63, 3.8) is 0 Å². The molecule has 0 unspecified atom stereocenters. The molecule has 0 bridgehead atoms. The van der Waals surface area contributed by atoms with E-state index in [1.54, 1.807) is 0 Å². The summed E-state index contributed by atoms with van der Waals surface area (Å²) >= 11 is 2.81. The van der Waals surface area contributed by atoms with E-state index in [-0.39, 0.29) is 4.60 Å². The Morgan fingerprint density at radius 1 is 1.17 bits per heavy atom. The number of hydrogen-bond donors (Lipinski definition) is 0. The Hall–Kier alpha value is -1.53. The van der Waals surface area contributed by atoms with Crippen LogP contribution in [-0.4, -0.2) is 39.6 Å². The van der Waals surface area contributed by atoms with Gasteiger partial charge >= 0.3 is 30.2 Å². The zero-order valence-electron chi connectivity index (χ0n) is 10.8. The van der Waals surface area contributed by atoms with Crippen molar-refractivity contribution in [3.8, 4) is 0 Å². The highest BCUT2D eigenvalue weighted by Gasteiger charge is 2.85. The molecule has 0 spiro atoms. The summed E-state index contributed by atoms with van der Waals surface area (Å²) in [6.45, 7) is 0. The number of rotatable bonds is 5. The van der Waals surface area contributed by atoms with Crippen molar-refractivity contribution < 1.29 is 44.7 Å². The fraction of sp³-hybridized carbons (Fsp3) is 0.500. The Kier molecular flexibility index (Phi) is 4.95.